The molecule has 0 saturated heterocycles. The fourth-order valence-electron chi connectivity index (χ4n) is 1.50. The van der Waals surface area contributed by atoms with Gasteiger partial charge in [0.15, 0.2) is 0 Å². The van der Waals surface area contributed by atoms with E-state index in [0.717, 1.165) is 17.8 Å². The van der Waals surface area contributed by atoms with Crippen LogP contribution in [0.5, 0.6) is 0 Å². The van der Waals surface area contributed by atoms with E-state index in [0.29, 0.717) is 12.5 Å². The summed E-state index contributed by atoms with van der Waals surface area (Å²) in [6, 6.07) is 5.74. The molecule has 2 aromatic rings. The lowest BCUT2D eigenvalue weighted by Crippen LogP contribution is -2.26. The van der Waals surface area contributed by atoms with Crippen molar-refractivity contribution in [3.05, 3.63) is 36.8 Å². The van der Waals surface area contributed by atoms with E-state index >= 15 is 0 Å². The van der Waals surface area contributed by atoms with Crippen LogP contribution < -0.4 is 10.6 Å². The predicted molar refractivity (Wildman–Crippen MR) is 67.6 cm³/mol. The molecule has 0 atom stereocenters. The van der Waals surface area contributed by atoms with Crippen molar-refractivity contribution < 1.29 is 0 Å². The van der Waals surface area contributed by atoms with Crippen molar-refractivity contribution in [3.63, 3.8) is 0 Å². The minimum atomic E-state index is 0.580. The van der Waals surface area contributed by atoms with Crippen LogP contribution in [0.4, 0.5) is 5.95 Å². The molecule has 0 fully saturated rings. The Morgan fingerprint density at radius 2 is 2.18 bits per heavy atom. The lowest BCUT2D eigenvalue weighted by molar-refractivity contribution is 0.847. The summed E-state index contributed by atoms with van der Waals surface area (Å²) in [4.78, 5) is 14.7. The third kappa shape index (κ3) is 2.76. The van der Waals surface area contributed by atoms with Crippen LogP contribution in [0.3, 0.4) is 0 Å². The van der Waals surface area contributed by atoms with Gasteiger partial charge in [-0.15, -0.1) is 0 Å². The molecule has 0 aromatic carbocycles. The number of aromatic nitrogens is 3. The Balaban J connectivity index is 2.29. The van der Waals surface area contributed by atoms with Gasteiger partial charge in [-0.25, -0.2) is 9.97 Å². The van der Waals surface area contributed by atoms with Gasteiger partial charge >= 0.3 is 0 Å². The van der Waals surface area contributed by atoms with Gasteiger partial charge in [-0.1, -0.05) is 0 Å². The van der Waals surface area contributed by atoms with Crippen molar-refractivity contribution in [2.75, 3.05) is 25.0 Å². The Morgan fingerprint density at radius 1 is 1.29 bits per heavy atom. The second-order valence-corrected chi connectivity index (χ2v) is 3.69. The molecule has 5 heteroatoms. The van der Waals surface area contributed by atoms with Crippen LogP contribution in [0.15, 0.2) is 36.8 Å². The minimum absolute atomic E-state index is 0.580. The van der Waals surface area contributed by atoms with Crippen molar-refractivity contribution >= 4 is 5.95 Å². The highest BCUT2D eigenvalue weighted by Gasteiger charge is 2.05. The molecule has 0 aliphatic rings. The maximum Gasteiger partial charge on any atom is 0.225 e. The van der Waals surface area contributed by atoms with Gasteiger partial charge in [0.2, 0.25) is 5.95 Å². The number of pyridine rings is 1. The van der Waals surface area contributed by atoms with Gasteiger partial charge in [0.25, 0.3) is 0 Å². The summed E-state index contributed by atoms with van der Waals surface area (Å²) in [5, 5.41) is 0. The van der Waals surface area contributed by atoms with E-state index in [1.165, 1.54) is 0 Å². The van der Waals surface area contributed by atoms with E-state index in [1.807, 2.05) is 30.1 Å². The molecular formula is C12H15N5. The zero-order chi connectivity index (χ0) is 12.1. The first-order valence-electron chi connectivity index (χ1n) is 5.46. The van der Waals surface area contributed by atoms with Gasteiger partial charge in [-0.3, -0.25) is 4.98 Å². The number of nitrogens with zero attached hydrogens (tertiary/aromatic N) is 4. The summed E-state index contributed by atoms with van der Waals surface area (Å²) in [5.41, 5.74) is 7.36. The number of likely N-dealkylation sites (N-methyl/N-ethyl adjacent to an activating group) is 1. The molecule has 2 heterocycles. The zero-order valence-electron chi connectivity index (χ0n) is 9.74. The van der Waals surface area contributed by atoms with Crippen molar-refractivity contribution in [3.8, 4) is 11.3 Å². The summed E-state index contributed by atoms with van der Waals surface area (Å²) in [6.07, 6.45) is 5.28. The molecule has 2 rings (SSSR count). The highest BCUT2D eigenvalue weighted by molar-refractivity contribution is 5.58. The van der Waals surface area contributed by atoms with Gasteiger partial charge in [0, 0.05) is 44.3 Å². The average molecular weight is 229 g/mol. The first-order chi connectivity index (χ1) is 8.31. The van der Waals surface area contributed by atoms with Crippen molar-refractivity contribution in [1.82, 2.24) is 15.0 Å². The van der Waals surface area contributed by atoms with Gasteiger partial charge < -0.3 is 10.6 Å². The molecule has 2 aromatic heterocycles. The fourth-order valence-corrected chi connectivity index (χ4v) is 1.50. The van der Waals surface area contributed by atoms with Crippen LogP contribution in [0, 0.1) is 0 Å². The topological polar surface area (TPSA) is 67.9 Å². The van der Waals surface area contributed by atoms with E-state index < -0.39 is 0 Å². The van der Waals surface area contributed by atoms with Crippen LogP contribution >= 0.6 is 0 Å². The number of hydrogen-bond donors (Lipinski definition) is 1. The molecule has 0 bridgehead atoms. The van der Waals surface area contributed by atoms with E-state index in [-0.39, 0.29) is 0 Å². The Kier molecular flexibility index (Phi) is 3.62. The van der Waals surface area contributed by atoms with Gasteiger partial charge in [0.05, 0.1) is 5.69 Å². The van der Waals surface area contributed by atoms with E-state index in [9.17, 15) is 0 Å². The van der Waals surface area contributed by atoms with E-state index in [2.05, 4.69) is 15.0 Å². The second kappa shape index (κ2) is 5.36. The van der Waals surface area contributed by atoms with Crippen molar-refractivity contribution in [2.24, 2.45) is 5.73 Å². The van der Waals surface area contributed by atoms with Gasteiger partial charge in [-0.2, -0.15) is 0 Å². The molecule has 0 unspecified atom stereocenters. The predicted octanol–water partition coefficient (Wildman–Crippen LogP) is 0.934. The molecule has 0 radical (unpaired) electrons. The molecule has 0 amide bonds. The normalized spacial score (nSPS) is 10.2. The van der Waals surface area contributed by atoms with Crippen LogP contribution in [-0.4, -0.2) is 35.1 Å². The molecule has 0 aliphatic heterocycles. The monoisotopic (exact) mass is 229 g/mol. The second-order valence-electron chi connectivity index (χ2n) is 3.69. The minimum Gasteiger partial charge on any atom is -0.343 e. The van der Waals surface area contributed by atoms with Crippen LogP contribution in [-0.2, 0) is 0 Å². The molecule has 2 N–H and O–H groups in total. The SMILES string of the molecule is CN(CCN)c1nccc(-c2cccnc2)n1. The van der Waals surface area contributed by atoms with E-state index in [1.54, 1.807) is 18.6 Å². The summed E-state index contributed by atoms with van der Waals surface area (Å²) in [7, 11) is 1.93. The fraction of sp³-hybridized carbons (Fsp3) is 0.250. The quantitative estimate of drug-likeness (QED) is 0.844. The smallest absolute Gasteiger partial charge is 0.225 e. The van der Waals surface area contributed by atoms with Crippen molar-refractivity contribution in [2.45, 2.75) is 0 Å². The Labute approximate surface area is 100 Å². The number of anilines is 1. The lowest BCUT2D eigenvalue weighted by Gasteiger charge is -2.15. The number of rotatable bonds is 4. The summed E-state index contributed by atoms with van der Waals surface area (Å²) in [5.74, 6) is 0.678. The molecule has 0 aliphatic carbocycles. The molecule has 0 saturated carbocycles. The maximum atomic E-state index is 5.51. The average Bonchev–Trinajstić information content (AvgIpc) is 2.40. The number of nitrogens with two attached hydrogens (primary N) is 1. The summed E-state index contributed by atoms with van der Waals surface area (Å²) in [6.45, 7) is 1.31. The van der Waals surface area contributed by atoms with E-state index in [4.69, 9.17) is 5.73 Å². The standard InChI is InChI=1S/C12H15N5/c1-17(8-5-13)12-15-7-4-11(16-12)10-3-2-6-14-9-10/h2-4,6-7,9H,5,8,13H2,1H3. The first kappa shape index (κ1) is 11.5. The van der Waals surface area contributed by atoms with Crippen LogP contribution in [0.25, 0.3) is 11.3 Å². The van der Waals surface area contributed by atoms with Gasteiger partial charge in [0.1, 0.15) is 0 Å². The van der Waals surface area contributed by atoms with Gasteiger partial charge in [-0.05, 0) is 18.2 Å². The summed E-state index contributed by atoms with van der Waals surface area (Å²) < 4.78 is 0. The lowest BCUT2D eigenvalue weighted by atomic mass is 10.2. The Morgan fingerprint density at radius 3 is 2.88 bits per heavy atom. The highest BCUT2D eigenvalue weighted by atomic mass is 15.2. The largest absolute Gasteiger partial charge is 0.343 e. The van der Waals surface area contributed by atoms with Crippen LogP contribution in [0.2, 0.25) is 0 Å². The van der Waals surface area contributed by atoms with Crippen molar-refractivity contribution in [1.29, 1.82) is 0 Å². The molecular weight excluding hydrogens is 214 g/mol. The molecule has 5 nitrogen and oxygen atoms in total. The zero-order valence-corrected chi connectivity index (χ0v) is 9.74. The summed E-state index contributed by atoms with van der Waals surface area (Å²) >= 11 is 0. The molecule has 88 valence electrons. The van der Waals surface area contributed by atoms with Crippen LogP contribution in [0.1, 0.15) is 0 Å². The maximum absolute atomic E-state index is 5.51. The molecule has 17 heavy (non-hydrogen) atoms. The highest BCUT2D eigenvalue weighted by Crippen LogP contribution is 2.16. The third-order valence-corrected chi connectivity index (χ3v) is 2.41. The molecule has 0 spiro atoms. The Bertz CT molecular complexity index is 471. The first-order valence-corrected chi connectivity index (χ1v) is 5.46. The third-order valence-electron chi connectivity index (χ3n) is 2.41. The Hall–Kier alpha value is -2.01. The number of hydrogen-bond acceptors (Lipinski definition) is 5.